The summed E-state index contributed by atoms with van der Waals surface area (Å²) >= 11 is 0. The summed E-state index contributed by atoms with van der Waals surface area (Å²) in [7, 11) is 0. The van der Waals surface area contributed by atoms with Crippen molar-refractivity contribution in [1.82, 2.24) is 24.7 Å². The Morgan fingerprint density at radius 2 is 2.00 bits per heavy atom. The summed E-state index contributed by atoms with van der Waals surface area (Å²) in [4.78, 5) is 21.3. The molecule has 0 aliphatic heterocycles. The van der Waals surface area contributed by atoms with Crippen LogP contribution in [0.25, 0.3) is 28.0 Å². The molecule has 1 aromatic carbocycles. The number of para-hydroxylation sites is 1. The number of aromatic nitrogens is 5. The molecule has 0 spiro atoms. The Labute approximate surface area is 119 Å². The van der Waals surface area contributed by atoms with E-state index in [0.29, 0.717) is 0 Å². The molecule has 6 heteroatoms. The van der Waals surface area contributed by atoms with E-state index in [4.69, 9.17) is 0 Å². The van der Waals surface area contributed by atoms with Crippen molar-refractivity contribution in [2.45, 2.75) is 0 Å². The number of aromatic amines is 2. The van der Waals surface area contributed by atoms with Crippen molar-refractivity contribution in [3.8, 4) is 16.9 Å². The molecule has 0 saturated carbocycles. The van der Waals surface area contributed by atoms with Gasteiger partial charge in [0.15, 0.2) is 5.82 Å². The van der Waals surface area contributed by atoms with E-state index < -0.39 is 0 Å². The molecule has 21 heavy (non-hydrogen) atoms. The second kappa shape index (κ2) is 4.45. The summed E-state index contributed by atoms with van der Waals surface area (Å²) in [5, 5.41) is 4.33. The Kier molecular flexibility index (Phi) is 2.47. The van der Waals surface area contributed by atoms with Crippen molar-refractivity contribution in [3.05, 3.63) is 65.5 Å². The number of fused-ring (bicyclic) bond motifs is 1. The Hall–Kier alpha value is -3.15. The molecule has 0 aliphatic rings. The van der Waals surface area contributed by atoms with Crippen LogP contribution >= 0.6 is 0 Å². The number of benzene rings is 1. The largest absolute Gasteiger partial charge is 0.323 e. The molecule has 0 amide bonds. The highest BCUT2D eigenvalue weighted by molar-refractivity contribution is 5.91. The maximum atomic E-state index is 11.5. The Bertz CT molecular complexity index is 964. The predicted octanol–water partition coefficient (Wildman–Crippen LogP) is 2.10. The van der Waals surface area contributed by atoms with E-state index in [1.165, 1.54) is 0 Å². The molecule has 0 bridgehead atoms. The van der Waals surface area contributed by atoms with Gasteiger partial charge >= 0.3 is 5.69 Å². The van der Waals surface area contributed by atoms with Crippen LogP contribution in [0.2, 0.25) is 0 Å². The van der Waals surface area contributed by atoms with Crippen LogP contribution in [0.15, 0.2) is 59.8 Å². The second-order valence-corrected chi connectivity index (χ2v) is 4.67. The molecule has 0 aliphatic carbocycles. The monoisotopic (exact) mass is 277 g/mol. The zero-order chi connectivity index (χ0) is 14.2. The summed E-state index contributed by atoms with van der Waals surface area (Å²) in [6.07, 6.45) is 5.37. The van der Waals surface area contributed by atoms with Crippen LogP contribution in [0.5, 0.6) is 0 Å². The van der Waals surface area contributed by atoms with E-state index in [0.717, 1.165) is 28.0 Å². The Balaban J connectivity index is 1.87. The van der Waals surface area contributed by atoms with Crippen LogP contribution in [-0.4, -0.2) is 24.7 Å². The van der Waals surface area contributed by atoms with Crippen LogP contribution in [0.4, 0.5) is 0 Å². The first-order valence-electron chi connectivity index (χ1n) is 6.49. The lowest BCUT2D eigenvalue weighted by atomic mass is 10.1. The lowest BCUT2D eigenvalue weighted by Gasteiger charge is -2.00. The van der Waals surface area contributed by atoms with Crippen molar-refractivity contribution >= 4 is 11.0 Å². The van der Waals surface area contributed by atoms with Gasteiger partial charge in [-0.1, -0.05) is 18.2 Å². The number of rotatable bonds is 2. The summed E-state index contributed by atoms with van der Waals surface area (Å²) in [6, 6.07) is 11.4. The van der Waals surface area contributed by atoms with Crippen molar-refractivity contribution in [2.24, 2.45) is 0 Å². The first kappa shape index (κ1) is 11.7. The van der Waals surface area contributed by atoms with Crippen molar-refractivity contribution in [2.75, 3.05) is 0 Å². The van der Waals surface area contributed by atoms with Crippen molar-refractivity contribution in [1.29, 1.82) is 0 Å². The van der Waals surface area contributed by atoms with Gasteiger partial charge < -0.3 is 9.97 Å². The first-order valence-corrected chi connectivity index (χ1v) is 6.49. The summed E-state index contributed by atoms with van der Waals surface area (Å²) in [5.41, 5.74) is 3.19. The standard InChI is InChI=1S/C15H11N5O/c21-15-18-12-5-3-4-11(14(12)19-15)10-8-17-20(9-10)13-6-1-2-7-16-13/h1-9H,(H2,18,19,21). The van der Waals surface area contributed by atoms with Gasteiger partial charge in [0.25, 0.3) is 0 Å². The van der Waals surface area contributed by atoms with Gasteiger partial charge in [0.05, 0.1) is 17.2 Å². The third-order valence-corrected chi connectivity index (χ3v) is 3.33. The fraction of sp³-hybridized carbons (Fsp3) is 0. The maximum absolute atomic E-state index is 11.5. The van der Waals surface area contributed by atoms with E-state index in [2.05, 4.69) is 20.1 Å². The third kappa shape index (κ3) is 1.93. The molecule has 3 aromatic heterocycles. The van der Waals surface area contributed by atoms with Gasteiger partial charge in [0, 0.05) is 23.5 Å². The average Bonchev–Trinajstić information content (AvgIpc) is 3.13. The van der Waals surface area contributed by atoms with Crippen LogP contribution in [0.3, 0.4) is 0 Å². The number of H-pyrrole nitrogens is 2. The van der Waals surface area contributed by atoms with E-state index in [1.54, 1.807) is 17.1 Å². The van der Waals surface area contributed by atoms with Crippen molar-refractivity contribution < 1.29 is 0 Å². The molecule has 4 aromatic rings. The molecule has 4 rings (SSSR count). The maximum Gasteiger partial charge on any atom is 0.323 e. The summed E-state index contributed by atoms with van der Waals surface area (Å²) in [6.45, 7) is 0. The number of pyridine rings is 1. The highest BCUT2D eigenvalue weighted by Crippen LogP contribution is 2.25. The van der Waals surface area contributed by atoms with E-state index >= 15 is 0 Å². The van der Waals surface area contributed by atoms with E-state index in [-0.39, 0.29) is 5.69 Å². The highest BCUT2D eigenvalue weighted by Gasteiger charge is 2.09. The molecule has 0 unspecified atom stereocenters. The molecular weight excluding hydrogens is 266 g/mol. The fourth-order valence-electron chi connectivity index (χ4n) is 2.38. The second-order valence-electron chi connectivity index (χ2n) is 4.67. The lowest BCUT2D eigenvalue weighted by molar-refractivity contribution is 0.847. The predicted molar refractivity (Wildman–Crippen MR) is 79.3 cm³/mol. The fourth-order valence-corrected chi connectivity index (χ4v) is 2.38. The minimum atomic E-state index is -0.213. The smallest absolute Gasteiger partial charge is 0.306 e. The quantitative estimate of drug-likeness (QED) is 0.589. The van der Waals surface area contributed by atoms with Crippen molar-refractivity contribution in [3.63, 3.8) is 0 Å². The topological polar surface area (TPSA) is 79.4 Å². The molecule has 0 saturated heterocycles. The SMILES string of the molecule is O=c1[nH]c2cccc(-c3cnn(-c4ccccn4)c3)c2[nH]1. The first-order chi connectivity index (χ1) is 10.3. The molecule has 102 valence electrons. The number of hydrogen-bond acceptors (Lipinski definition) is 3. The van der Waals surface area contributed by atoms with Gasteiger partial charge in [0.1, 0.15) is 0 Å². The van der Waals surface area contributed by atoms with Gasteiger partial charge in [-0.3, -0.25) is 0 Å². The number of nitrogens with one attached hydrogen (secondary N) is 2. The molecule has 6 nitrogen and oxygen atoms in total. The Morgan fingerprint density at radius 1 is 1.05 bits per heavy atom. The van der Waals surface area contributed by atoms with Crippen LogP contribution in [0, 0.1) is 0 Å². The molecule has 2 N–H and O–H groups in total. The number of imidazole rings is 1. The average molecular weight is 277 g/mol. The van der Waals surface area contributed by atoms with Crippen LogP contribution in [-0.2, 0) is 0 Å². The molecule has 0 fully saturated rings. The van der Waals surface area contributed by atoms with Gasteiger partial charge in [-0.05, 0) is 18.2 Å². The minimum Gasteiger partial charge on any atom is -0.306 e. The van der Waals surface area contributed by atoms with Crippen LogP contribution in [0.1, 0.15) is 0 Å². The lowest BCUT2D eigenvalue weighted by Crippen LogP contribution is -1.99. The van der Waals surface area contributed by atoms with E-state index in [9.17, 15) is 4.79 Å². The molecular formula is C15H11N5O. The van der Waals surface area contributed by atoms with Gasteiger partial charge in [-0.2, -0.15) is 5.10 Å². The van der Waals surface area contributed by atoms with Gasteiger partial charge in [-0.25, -0.2) is 14.5 Å². The number of nitrogens with zero attached hydrogens (tertiary/aromatic N) is 3. The van der Waals surface area contributed by atoms with Gasteiger partial charge in [0.2, 0.25) is 0 Å². The Morgan fingerprint density at radius 3 is 2.86 bits per heavy atom. The third-order valence-electron chi connectivity index (χ3n) is 3.33. The molecule has 0 radical (unpaired) electrons. The van der Waals surface area contributed by atoms with Crippen LogP contribution < -0.4 is 5.69 Å². The highest BCUT2D eigenvalue weighted by atomic mass is 16.1. The number of hydrogen-bond donors (Lipinski definition) is 2. The normalized spacial score (nSPS) is 11.0. The summed E-state index contributed by atoms with van der Waals surface area (Å²) in [5.74, 6) is 0.749. The van der Waals surface area contributed by atoms with E-state index in [1.807, 2.05) is 42.6 Å². The zero-order valence-electron chi connectivity index (χ0n) is 10.9. The van der Waals surface area contributed by atoms with Gasteiger partial charge in [-0.15, -0.1) is 0 Å². The summed E-state index contributed by atoms with van der Waals surface area (Å²) < 4.78 is 1.71. The zero-order valence-corrected chi connectivity index (χ0v) is 10.9. The minimum absolute atomic E-state index is 0.213. The molecule has 0 atom stereocenters. The molecule has 3 heterocycles.